The number of anilines is 1. The third-order valence-electron chi connectivity index (χ3n) is 7.93. The molecule has 5 aromatic rings. The maximum atomic E-state index is 14.6. The Bertz CT molecular complexity index is 1790. The Morgan fingerprint density at radius 3 is 2.33 bits per heavy atom. The fourth-order valence-corrected chi connectivity index (χ4v) is 5.89. The van der Waals surface area contributed by atoms with Crippen LogP contribution < -0.4 is 14.4 Å². The maximum Gasteiger partial charge on any atom is 0.255 e. The van der Waals surface area contributed by atoms with Gasteiger partial charge in [0.05, 0.1) is 31.3 Å². The van der Waals surface area contributed by atoms with Crippen molar-refractivity contribution in [1.82, 2.24) is 9.47 Å². The zero-order chi connectivity index (χ0) is 29.4. The minimum absolute atomic E-state index is 0.0997. The van der Waals surface area contributed by atoms with Gasteiger partial charge in [0.1, 0.15) is 24.1 Å². The van der Waals surface area contributed by atoms with Crippen molar-refractivity contribution in [2.75, 3.05) is 25.7 Å². The van der Waals surface area contributed by atoms with E-state index in [1.165, 1.54) is 0 Å². The Labute approximate surface area is 245 Å². The van der Waals surface area contributed by atoms with Crippen molar-refractivity contribution < 1.29 is 19.1 Å². The first-order valence-corrected chi connectivity index (χ1v) is 14.0. The van der Waals surface area contributed by atoms with E-state index in [2.05, 4.69) is 4.57 Å². The van der Waals surface area contributed by atoms with Crippen LogP contribution in [0.4, 0.5) is 5.69 Å². The number of para-hydroxylation sites is 2. The van der Waals surface area contributed by atoms with E-state index in [0.717, 1.165) is 33.4 Å². The summed E-state index contributed by atoms with van der Waals surface area (Å²) in [6, 6.07) is 30.2. The second kappa shape index (κ2) is 11.1. The maximum absolute atomic E-state index is 14.6. The molecule has 7 heteroatoms. The minimum atomic E-state index is -0.519. The lowest BCUT2D eigenvalue weighted by Crippen LogP contribution is -2.48. The summed E-state index contributed by atoms with van der Waals surface area (Å²) in [4.78, 5) is 32.1. The van der Waals surface area contributed by atoms with Crippen molar-refractivity contribution >= 4 is 28.3 Å². The summed E-state index contributed by atoms with van der Waals surface area (Å²) in [6.45, 7) is 3.78. The van der Waals surface area contributed by atoms with Crippen LogP contribution in [0.1, 0.15) is 41.5 Å². The predicted molar refractivity (Wildman–Crippen MR) is 165 cm³/mol. The number of hydrogen-bond acceptors (Lipinski definition) is 4. The number of amides is 2. The second-order valence-electron chi connectivity index (χ2n) is 10.6. The molecule has 1 aliphatic rings. The topological polar surface area (TPSA) is 64.0 Å². The molecule has 6 rings (SSSR count). The summed E-state index contributed by atoms with van der Waals surface area (Å²) in [5.74, 6) is 0.912. The van der Waals surface area contributed by atoms with Crippen LogP contribution in [-0.2, 0) is 4.79 Å². The van der Waals surface area contributed by atoms with Crippen LogP contribution in [0.3, 0.4) is 0 Å². The van der Waals surface area contributed by atoms with Gasteiger partial charge >= 0.3 is 0 Å². The van der Waals surface area contributed by atoms with Gasteiger partial charge in [-0.25, -0.2) is 0 Å². The number of carbonyl (C=O) groups is 2. The van der Waals surface area contributed by atoms with E-state index in [9.17, 15) is 9.59 Å². The highest BCUT2D eigenvalue weighted by molar-refractivity contribution is 6.09. The van der Waals surface area contributed by atoms with E-state index in [1.807, 2.05) is 117 Å². The lowest BCUT2D eigenvalue weighted by Gasteiger charge is -2.40. The molecule has 1 aliphatic heterocycles. The minimum Gasteiger partial charge on any atom is -0.497 e. The summed E-state index contributed by atoms with van der Waals surface area (Å²) < 4.78 is 13.5. The molecule has 4 aromatic carbocycles. The normalized spacial score (nSPS) is 13.9. The smallest absolute Gasteiger partial charge is 0.255 e. The zero-order valence-corrected chi connectivity index (χ0v) is 24.2. The first-order valence-electron chi connectivity index (χ1n) is 14.0. The second-order valence-corrected chi connectivity index (χ2v) is 10.6. The summed E-state index contributed by atoms with van der Waals surface area (Å²) in [6.07, 6.45) is 2.00. The third kappa shape index (κ3) is 4.57. The molecule has 2 heterocycles. The number of methoxy groups -OCH3 is 2. The Morgan fingerprint density at radius 2 is 1.57 bits per heavy atom. The molecule has 0 saturated heterocycles. The molecule has 42 heavy (non-hydrogen) atoms. The van der Waals surface area contributed by atoms with E-state index in [4.69, 9.17) is 9.47 Å². The van der Waals surface area contributed by atoms with Crippen LogP contribution in [0.15, 0.2) is 103 Å². The van der Waals surface area contributed by atoms with Gasteiger partial charge in [-0.15, -0.1) is 0 Å². The fraction of sp³-hybridized carbons (Fsp3) is 0.200. The molecule has 0 bridgehead atoms. The lowest BCUT2D eigenvalue weighted by molar-refractivity contribution is -0.120. The number of benzene rings is 4. The molecule has 0 N–H and O–H groups in total. The largest absolute Gasteiger partial charge is 0.497 e. The van der Waals surface area contributed by atoms with E-state index >= 15 is 0 Å². The van der Waals surface area contributed by atoms with Crippen LogP contribution in [0, 0.1) is 0 Å². The SMILES string of the molecule is COc1ccc(OC)c(C2c3cccn3-c3ccccc3N2C(=O)CN(C(=O)c2cccc3ccccc23)C(C)C)c1. The highest BCUT2D eigenvalue weighted by atomic mass is 16.5. The number of fused-ring (bicyclic) bond motifs is 4. The van der Waals surface area contributed by atoms with Gasteiger partial charge in [0.15, 0.2) is 0 Å². The van der Waals surface area contributed by atoms with Crippen molar-refractivity contribution in [3.8, 4) is 17.2 Å². The Balaban J connectivity index is 1.46. The number of rotatable bonds is 7. The number of hydrogen-bond donors (Lipinski definition) is 0. The van der Waals surface area contributed by atoms with Gasteiger partial charge in [0, 0.05) is 23.4 Å². The van der Waals surface area contributed by atoms with Gasteiger partial charge in [-0.1, -0.05) is 48.5 Å². The van der Waals surface area contributed by atoms with E-state index in [1.54, 1.807) is 24.0 Å². The number of aromatic nitrogens is 1. The highest BCUT2D eigenvalue weighted by Gasteiger charge is 2.39. The quantitative estimate of drug-likeness (QED) is 0.224. The van der Waals surface area contributed by atoms with Crippen LogP contribution in [-0.4, -0.2) is 48.1 Å². The van der Waals surface area contributed by atoms with Crippen molar-refractivity contribution in [1.29, 1.82) is 0 Å². The van der Waals surface area contributed by atoms with Crippen molar-refractivity contribution in [2.24, 2.45) is 0 Å². The Morgan fingerprint density at radius 1 is 0.833 bits per heavy atom. The highest BCUT2D eigenvalue weighted by Crippen LogP contribution is 2.45. The molecule has 2 amide bonds. The van der Waals surface area contributed by atoms with E-state index in [0.29, 0.717) is 17.1 Å². The molecule has 1 atom stereocenters. The van der Waals surface area contributed by atoms with Crippen LogP contribution >= 0.6 is 0 Å². The van der Waals surface area contributed by atoms with E-state index < -0.39 is 6.04 Å². The number of carbonyl (C=O) groups excluding carboxylic acids is 2. The Hall–Kier alpha value is -5.04. The molecule has 7 nitrogen and oxygen atoms in total. The number of ether oxygens (including phenoxy) is 2. The molecule has 1 unspecified atom stereocenters. The first-order chi connectivity index (χ1) is 20.4. The van der Waals surface area contributed by atoms with E-state index in [-0.39, 0.29) is 24.4 Å². The summed E-state index contributed by atoms with van der Waals surface area (Å²) in [5, 5.41) is 1.84. The molecule has 212 valence electrons. The van der Waals surface area contributed by atoms with Crippen molar-refractivity contribution in [2.45, 2.75) is 25.9 Å². The molecule has 0 radical (unpaired) electrons. The van der Waals surface area contributed by atoms with Gasteiger partial charge in [-0.05, 0) is 73.2 Å². The van der Waals surface area contributed by atoms with Gasteiger partial charge in [0.25, 0.3) is 5.91 Å². The lowest BCUT2D eigenvalue weighted by atomic mass is 9.96. The summed E-state index contributed by atoms with van der Waals surface area (Å²) in [7, 11) is 3.24. The summed E-state index contributed by atoms with van der Waals surface area (Å²) >= 11 is 0. The van der Waals surface area contributed by atoms with Crippen molar-refractivity contribution in [3.63, 3.8) is 0 Å². The monoisotopic (exact) mass is 559 g/mol. The van der Waals surface area contributed by atoms with Gasteiger partial charge < -0.3 is 18.9 Å². The van der Waals surface area contributed by atoms with Gasteiger partial charge in [-0.3, -0.25) is 14.5 Å². The molecular formula is C35H33N3O4. The third-order valence-corrected chi connectivity index (χ3v) is 7.93. The average Bonchev–Trinajstić information content (AvgIpc) is 3.52. The first kappa shape index (κ1) is 27.1. The zero-order valence-electron chi connectivity index (χ0n) is 24.2. The Kier molecular flexibility index (Phi) is 7.17. The van der Waals surface area contributed by atoms with Gasteiger partial charge in [0.2, 0.25) is 5.91 Å². The van der Waals surface area contributed by atoms with Crippen LogP contribution in [0.5, 0.6) is 11.5 Å². The molecule has 1 aromatic heterocycles. The molecule has 0 fully saturated rings. The molecule has 0 spiro atoms. The molecule has 0 aliphatic carbocycles. The van der Waals surface area contributed by atoms with Crippen molar-refractivity contribution in [3.05, 3.63) is 120 Å². The number of nitrogens with zero attached hydrogens (tertiary/aromatic N) is 3. The van der Waals surface area contributed by atoms with Crippen LogP contribution in [0.2, 0.25) is 0 Å². The molecular weight excluding hydrogens is 526 g/mol. The van der Waals surface area contributed by atoms with Crippen LogP contribution in [0.25, 0.3) is 16.5 Å². The standard InChI is InChI=1S/C35H33N3O4/c1-23(2)37(35(40)27-14-9-12-24-11-5-6-13-26(24)27)22-33(39)38-30-16-8-7-15-29(30)36-20-10-17-31(36)34(38)28-21-25(41-3)18-19-32(28)42-4/h5-21,23,34H,22H2,1-4H3. The fourth-order valence-electron chi connectivity index (χ4n) is 5.89. The molecule has 0 saturated carbocycles. The predicted octanol–water partition coefficient (Wildman–Crippen LogP) is 6.63. The van der Waals surface area contributed by atoms with Gasteiger partial charge in [-0.2, -0.15) is 0 Å². The average molecular weight is 560 g/mol. The summed E-state index contributed by atoms with van der Waals surface area (Å²) in [5.41, 5.74) is 3.91.